The minimum atomic E-state index is -0.111. The molecule has 0 saturated carbocycles. The van der Waals surface area contributed by atoms with Crippen LogP contribution >= 0.6 is 23.1 Å². The Morgan fingerprint density at radius 3 is 2.68 bits per heavy atom. The standard InChI is InChI=1S/C19H16N6OS2/c1-13-10-28-19(21-13)22-17(26)11-27-18-7-6-16(23-24-18)14-2-4-15(5-3-14)25-9-8-20-12-25/h2-10,12H,11H2,1H3,(H,21,22,26). The van der Waals surface area contributed by atoms with Gasteiger partial charge >= 0.3 is 0 Å². The van der Waals surface area contributed by atoms with Gasteiger partial charge in [0.25, 0.3) is 0 Å². The van der Waals surface area contributed by atoms with Crippen LogP contribution in [0.1, 0.15) is 5.69 Å². The van der Waals surface area contributed by atoms with Crippen molar-refractivity contribution in [3.8, 4) is 16.9 Å². The minimum Gasteiger partial charge on any atom is -0.306 e. The molecule has 0 fully saturated rings. The number of nitrogens with one attached hydrogen (secondary N) is 1. The molecule has 4 rings (SSSR count). The first kappa shape index (κ1) is 18.3. The maximum absolute atomic E-state index is 12.0. The van der Waals surface area contributed by atoms with Crippen LogP contribution in [0.2, 0.25) is 0 Å². The zero-order valence-electron chi connectivity index (χ0n) is 14.9. The molecular formula is C19H16N6OS2. The number of aryl methyl sites for hydroxylation is 1. The van der Waals surface area contributed by atoms with Crippen LogP contribution in [0.15, 0.2) is 65.5 Å². The molecule has 28 heavy (non-hydrogen) atoms. The van der Waals surface area contributed by atoms with Crippen LogP contribution in [0, 0.1) is 6.92 Å². The fourth-order valence-corrected chi connectivity index (χ4v) is 3.79. The molecule has 9 heteroatoms. The molecule has 0 saturated heterocycles. The number of rotatable bonds is 6. The molecule has 0 atom stereocenters. The lowest BCUT2D eigenvalue weighted by Gasteiger charge is -2.05. The monoisotopic (exact) mass is 408 g/mol. The fourth-order valence-electron chi connectivity index (χ4n) is 2.47. The molecule has 4 aromatic rings. The smallest absolute Gasteiger partial charge is 0.236 e. The predicted molar refractivity (Wildman–Crippen MR) is 111 cm³/mol. The predicted octanol–water partition coefficient (Wildman–Crippen LogP) is 3.83. The van der Waals surface area contributed by atoms with Gasteiger partial charge in [0, 0.05) is 29.0 Å². The third-order valence-corrected chi connectivity index (χ3v) is 5.62. The second-order valence-electron chi connectivity index (χ2n) is 5.90. The summed E-state index contributed by atoms with van der Waals surface area (Å²) in [5.74, 6) is 0.145. The summed E-state index contributed by atoms with van der Waals surface area (Å²) < 4.78 is 1.94. The average Bonchev–Trinajstić information content (AvgIpc) is 3.39. The molecule has 1 N–H and O–H groups in total. The Hall–Kier alpha value is -3.04. The van der Waals surface area contributed by atoms with E-state index in [9.17, 15) is 4.79 Å². The van der Waals surface area contributed by atoms with Gasteiger partial charge in [0.05, 0.1) is 23.5 Å². The third-order valence-electron chi connectivity index (χ3n) is 3.82. The Kier molecular flexibility index (Phi) is 5.45. The number of carbonyl (C=O) groups is 1. The number of thiazole rings is 1. The van der Waals surface area contributed by atoms with Crippen LogP contribution in [0.5, 0.6) is 0 Å². The van der Waals surface area contributed by atoms with Gasteiger partial charge in [-0.05, 0) is 31.2 Å². The summed E-state index contributed by atoms with van der Waals surface area (Å²) in [6.07, 6.45) is 5.40. The zero-order valence-corrected chi connectivity index (χ0v) is 16.6. The summed E-state index contributed by atoms with van der Waals surface area (Å²) in [6, 6.07) is 11.8. The van der Waals surface area contributed by atoms with Crippen molar-refractivity contribution in [2.24, 2.45) is 0 Å². The summed E-state index contributed by atoms with van der Waals surface area (Å²) in [5, 5.41) is 14.5. The van der Waals surface area contributed by atoms with E-state index in [0.717, 1.165) is 22.6 Å². The van der Waals surface area contributed by atoms with E-state index in [1.54, 1.807) is 12.5 Å². The topological polar surface area (TPSA) is 85.6 Å². The van der Waals surface area contributed by atoms with Crippen LogP contribution in [-0.4, -0.2) is 36.4 Å². The van der Waals surface area contributed by atoms with Gasteiger partial charge in [-0.3, -0.25) is 4.79 Å². The number of imidazole rings is 1. The van der Waals surface area contributed by atoms with E-state index in [1.165, 1.54) is 23.1 Å². The molecule has 0 aliphatic rings. The van der Waals surface area contributed by atoms with Gasteiger partial charge in [0.2, 0.25) is 5.91 Å². The zero-order chi connectivity index (χ0) is 19.3. The molecule has 3 aromatic heterocycles. The normalized spacial score (nSPS) is 10.8. The van der Waals surface area contributed by atoms with Gasteiger partial charge in [-0.2, -0.15) is 0 Å². The molecule has 0 aliphatic heterocycles. The largest absolute Gasteiger partial charge is 0.306 e. The highest BCUT2D eigenvalue weighted by Gasteiger charge is 2.08. The second-order valence-corrected chi connectivity index (χ2v) is 7.76. The number of hydrogen-bond acceptors (Lipinski definition) is 7. The Morgan fingerprint density at radius 2 is 2.04 bits per heavy atom. The van der Waals surface area contributed by atoms with E-state index in [1.807, 2.05) is 59.5 Å². The Bertz CT molecular complexity index is 1060. The highest BCUT2D eigenvalue weighted by molar-refractivity contribution is 7.99. The Labute approximate surface area is 169 Å². The number of amides is 1. The number of anilines is 1. The van der Waals surface area contributed by atoms with Crippen LogP contribution in [0.25, 0.3) is 16.9 Å². The van der Waals surface area contributed by atoms with Crippen LogP contribution in [0.3, 0.4) is 0 Å². The quantitative estimate of drug-likeness (QED) is 0.488. The van der Waals surface area contributed by atoms with Gasteiger partial charge < -0.3 is 9.88 Å². The lowest BCUT2D eigenvalue weighted by molar-refractivity contribution is -0.113. The molecule has 140 valence electrons. The lowest BCUT2D eigenvalue weighted by Crippen LogP contribution is -2.14. The molecule has 0 bridgehead atoms. The van der Waals surface area contributed by atoms with Gasteiger partial charge in [-0.15, -0.1) is 21.5 Å². The van der Waals surface area contributed by atoms with Gasteiger partial charge in [-0.1, -0.05) is 23.9 Å². The van der Waals surface area contributed by atoms with Crippen LogP contribution in [0.4, 0.5) is 5.13 Å². The summed E-state index contributed by atoms with van der Waals surface area (Å²) in [4.78, 5) is 20.3. The molecule has 0 unspecified atom stereocenters. The van der Waals surface area contributed by atoms with E-state index in [4.69, 9.17) is 0 Å². The first-order valence-corrected chi connectivity index (χ1v) is 10.3. The highest BCUT2D eigenvalue weighted by atomic mass is 32.2. The van der Waals surface area contributed by atoms with Crippen molar-refractivity contribution in [2.75, 3.05) is 11.1 Å². The van der Waals surface area contributed by atoms with Crippen LogP contribution < -0.4 is 5.32 Å². The average molecular weight is 409 g/mol. The number of benzene rings is 1. The SMILES string of the molecule is Cc1csc(NC(=O)CSc2ccc(-c3ccc(-n4ccnc4)cc3)nn2)n1. The number of carbonyl (C=O) groups excluding carboxylic acids is 1. The molecule has 0 spiro atoms. The Morgan fingerprint density at radius 1 is 1.18 bits per heavy atom. The molecule has 7 nitrogen and oxygen atoms in total. The highest BCUT2D eigenvalue weighted by Crippen LogP contribution is 2.22. The van der Waals surface area contributed by atoms with E-state index in [0.29, 0.717) is 10.2 Å². The maximum Gasteiger partial charge on any atom is 0.236 e. The summed E-state index contributed by atoms with van der Waals surface area (Å²) in [5.41, 5.74) is 3.68. The van der Waals surface area contributed by atoms with Gasteiger partial charge in [0.1, 0.15) is 5.03 Å². The van der Waals surface area contributed by atoms with Crippen molar-refractivity contribution < 1.29 is 4.79 Å². The molecule has 1 aromatic carbocycles. The third kappa shape index (κ3) is 4.44. The van der Waals surface area contributed by atoms with Gasteiger partial charge in [0.15, 0.2) is 5.13 Å². The number of nitrogens with zero attached hydrogens (tertiary/aromatic N) is 5. The number of thioether (sulfide) groups is 1. The molecule has 3 heterocycles. The van der Waals surface area contributed by atoms with Gasteiger partial charge in [-0.25, -0.2) is 9.97 Å². The van der Waals surface area contributed by atoms with Crippen molar-refractivity contribution in [3.63, 3.8) is 0 Å². The first-order valence-electron chi connectivity index (χ1n) is 8.45. The second kappa shape index (κ2) is 8.32. The van der Waals surface area contributed by atoms with E-state index < -0.39 is 0 Å². The number of aromatic nitrogens is 5. The van der Waals surface area contributed by atoms with Crippen molar-refractivity contribution >= 4 is 34.1 Å². The molecule has 0 aliphatic carbocycles. The van der Waals surface area contributed by atoms with Crippen molar-refractivity contribution in [2.45, 2.75) is 11.9 Å². The first-order chi connectivity index (χ1) is 13.7. The van der Waals surface area contributed by atoms with Crippen molar-refractivity contribution in [3.05, 3.63) is 66.2 Å². The van der Waals surface area contributed by atoms with E-state index >= 15 is 0 Å². The summed E-state index contributed by atoms with van der Waals surface area (Å²) in [7, 11) is 0. The van der Waals surface area contributed by atoms with E-state index in [2.05, 4.69) is 25.5 Å². The fraction of sp³-hybridized carbons (Fsp3) is 0.105. The molecule has 0 radical (unpaired) electrons. The summed E-state index contributed by atoms with van der Waals surface area (Å²) >= 11 is 2.75. The Balaban J connectivity index is 1.35. The minimum absolute atomic E-state index is 0.111. The van der Waals surface area contributed by atoms with Crippen LogP contribution in [-0.2, 0) is 4.79 Å². The maximum atomic E-state index is 12.0. The van der Waals surface area contributed by atoms with Crippen molar-refractivity contribution in [1.29, 1.82) is 0 Å². The van der Waals surface area contributed by atoms with E-state index in [-0.39, 0.29) is 11.7 Å². The number of hydrogen-bond donors (Lipinski definition) is 1. The lowest BCUT2D eigenvalue weighted by atomic mass is 10.1. The summed E-state index contributed by atoms with van der Waals surface area (Å²) in [6.45, 7) is 1.89. The molecule has 1 amide bonds. The molecular weight excluding hydrogens is 392 g/mol. The van der Waals surface area contributed by atoms with Crippen molar-refractivity contribution in [1.82, 2.24) is 24.7 Å².